The van der Waals surface area contributed by atoms with Gasteiger partial charge in [0.25, 0.3) is 0 Å². The lowest BCUT2D eigenvalue weighted by Gasteiger charge is -2.11. The summed E-state index contributed by atoms with van der Waals surface area (Å²) in [7, 11) is 0. The van der Waals surface area contributed by atoms with Crippen LogP contribution in [0.3, 0.4) is 0 Å². The average molecular weight is 299 g/mol. The van der Waals surface area contributed by atoms with Crippen molar-refractivity contribution in [3.63, 3.8) is 0 Å². The molecule has 0 fully saturated rings. The van der Waals surface area contributed by atoms with Gasteiger partial charge in [-0.25, -0.2) is 4.68 Å². The molecule has 1 aromatic carbocycles. The number of rotatable bonds is 4. The van der Waals surface area contributed by atoms with Gasteiger partial charge in [0.05, 0.1) is 22.1 Å². The summed E-state index contributed by atoms with van der Waals surface area (Å²) >= 11 is 12.1. The third kappa shape index (κ3) is 2.96. The van der Waals surface area contributed by atoms with Crippen molar-refractivity contribution >= 4 is 40.4 Å². The minimum absolute atomic E-state index is 0.589. The van der Waals surface area contributed by atoms with E-state index in [1.54, 1.807) is 18.2 Å². The maximum Gasteiger partial charge on any atom is 0.152 e. The molecule has 3 N–H and O–H groups in total. The van der Waals surface area contributed by atoms with E-state index in [9.17, 15) is 0 Å². The van der Waals surface area contributed by atoms with E-state index < -0.39 is 0 Å². The third-order valence-corrected chi connectivity index (χ3v) is 3.36. The maximum absolute atomic E-state index is 6.14. The molecule has 2 rings (SSSR count). The Kier molecular flexibility index (Phi) is 4.22. The van der Waals surface area contributed by atoms with Crippen LogP contribution in [-0.4, -0.2) is 9.78 Å². The Labute approximate surface area is 122 Å². The summed E-state index contributed by atoms with van der Waals surface area (Å²) < 4.78 is 1.85. The fourth-order valence-corrected chi connectivity index (χ4v) is 2.16. The van der Waals surface area contributed by atoms with Gasteiger partial charge < -0.3 is 11.1 Å². The molecule has 2 aromatic rings. The minimum Gasteiger partial charge on any atom is -0.394 e. The number of nitrogen functional groups attached to an aromatic ring is 1. The smallest absolute Gasteiger partial charge is 0.152 e. The minimum atomic E-state index is 0.589. The summed E-state index contributed by atoms with van der Waals surface area (Å²) in [6, 6.07) is 5.25. The van der Waals surface area contributed by atoms with Gasteiger partial charge in [0.2, 0.25) is 0 Å². The van der Waals surface area contributed by atoms with Crippen LogP contribution in [0.25, 0.3) is 0 Å². The van der Waals surface area contributed by atoms with E-state index in [1.165, 1.54) is 0 Å². The number of nitrogens with one attached hydrogen (secondary N) is 1. The van der Waals surface area contributed by atoms with E-state index >= 15 is 0 Å². The molecule has 0 radical (unpaired) electrons. The van der Waals surface area contributed by atoms with Gasteiger partial charge in [-0.15, -0.1) is 0 Å². The molecule has 0 atom stereocenters. The molecule has 1 aromatic heterocycles. The maximum atomic E-state index is 6.14. The highest BCUT2D eigenvalue weighted by Gasteiger charge is 2.13. The van der Waals surface area contributed by atoms with Gasteiger partial charge in [0.1, 0.15) is 0 Å². The fourth-order valence-electron chi connectivity index (χ4n) is 1.82. The zero-order valence-corrected chi connectivity index (χ0v) is 12.4. The molecule has 1 heterocycles. The zero-order chi connectivity index (χ0) is 14.0. The van der Waals surface area contributed by atoms with Crippen molar-refractivity contribution in [1.82, 2.24) is 9.78 Å². The first-order valence-electron chi connectivity index (χ1n) is 6.08. The Morgan fingerprint density at radius 1 is 1.37 bits per heavy atom. The molecule has 0 aliphatic heterocycles. The van der Waals surface area contributed by atoms with Crippen molar-refractivity contribution in [2.45, 2.75) is 26.8 Å². The van der Waals surface area contributed by atoms with Crippen molar-refractivity contribution in [3.05, 3.63) is 33.9 Å². The zero-order valence-electron chi connectivity index (χ0n) is 10.9. The molecule has 4 nitrogen and oxygen atoms in total. The highest BCUT2D eigenvalue weighted by atomic mass is 35.5. The molecular weight excluding hydrogens is 283 g/mol. The molecule has 6 heteroatoms. The molecule has 0 spiro atoms. The van der Waals surface area contributed by atoms with E-state index in [0.717, 1.165) is 30.2 Å². The molecular formula is C13H16Cl2N4. The van der Waals surface area contributed by atoms with Gasteiger partial charge >= 0.3 is 0 Å². The lowest BCUT2D eigenvalue weighted by Crippen LogP contribution is -2.06. The van der Waals surface area contributed by atoms with Crippen LogP contribution in [0.4, 0.5) is 17.2 Å². The Morgan fingerprint density at radius 3 is 2.79 bits per heavy atom. The standard InChI is InChI=1S/C13H16Cl2N4/c1-3-6-19-13(12(16)8(2)18-19)17-11-7-9(14)4-5-10(11)15/h4-5,7,17H,3,6,16H2,1-2H3. The van der Waals surface area contributed by atoms with Crippen molar-refractivity contribution in [3.8, 4) is 0 Å². The highest BCUT2D eigenvalue weighted by Crippen LogP contribution is 2.32. The third-order valence-electron chi connectivity index (χ3n) is 2.79. The predicted molar refractivity (Wildman–Crippen MR) is 81.4 cm³/mol. The number of nitrogens with two attached hydrogens (primary N) is 1. The van der Waals surface area contributed by atoms with Gasteiger partial charge in [-0.05, 0) is 31.5 Å². The second kappa shape index (κ2) is 5.72. The first kappa shape index (κ1) is 14.0. The normalized spacial score (nSPS) is 10.7. The Bertz CT molecular complexity index is 593. The molecule has 0 bridgehead atoms. The van der Waals surface area contributed by atoms with Gasteiger partial charge in [-0.3, -0.25) is 0 Å². The van der Waals surface area contributed by atoms with Crippen LogP contribution in [0.1, 0.15) is 19.0 Å². The first-order valence-corrected chi connectivity index (χ1v) is 6.83. The van der Waals surface area contributed by atoms with Crippen LogP contribution in [0.15, 0.2) is 18.2 Å². The number of nitrogens with zero attached hydrogens (tertiary/aromatic N) is 2. The Balaban J connectivity index is 2.39. The molecule has 102 valence electrons. The van der Waals surface area contributed by atoms with Crippen molar-refractivity contribution in [1.29, 1.82) is 0 Å². The van der Waals surface area contributed by atoms with Crippen LogP contribution in [0.2, 0.25) is 10.0 Å². The highest BCUT2D eigenvalue weighted by molar-refractivity contribution is 6.35. The number of aromatic nitrogens is 2. The molecule has 0 aliphatic rings. The number of aryl methyl sites for hydroxylation is 2. The molecule has 0 saturated carbocycles. The second-order valence-corrected chi connectivity index (χ2v) is 5.16. The van der Waals surface area contributed by atoms with Crippen molar-refractivity contribution in [2.75, 3.05) is 11.1 Å². The first-order chi connectivity index (χ1) is 9.02. The summed E-state index contributed by atoms with van der Waals surface area (Å²) in [6.45, 7) is 4.76. The van der Waals surface area contributed by atoms with E-state index in [-0.39, 0.29) is 0 Å². The average Bonchev–Trinajstić information content (AvgIpc) is 2.62. The lowest BCUT2D eigenvalue weighted by atomic mass is 10.3. The monoisotopic (exact) mass is 298 g/mol. The fraction of sp³-hybridized carbons (Fsp3) is 0.308. The van der Waals surface area contributed by atoms with E-state index in [0.29, 0.717) is 15.7 Å². The summed E-state index contributed by atoms with van der Waals surface area (Å²) in [5.41, 5.74) is 8.20. The van der Waals surface area contributed by atoms with Crippen LogP contribution >= 0.6 is 23.2 Å². The van der Waals surface area contributed by atoms with Crippen LogP contribution in [0.5, 0.6) is 0 Å². The van der Waals surface area contributed by atoms with Gasteiger partial charge in [0.15, 0.2) is 5.82 Å². The Hall–Kier alpha value is -1.39. The number of anilines is 3. The second-order valence-electron chi connectivity index (χ2n) is 4.32. The summed E-state index contributed by atoms with van der Waals surface area (Å²) in [5.74, 6) is 0.753. The number of hydrogen-bond donors (Lipinski definition) is 2. The van der Waals surface area contributed by atoms with Gasteiger partial charge in [0, 0.05) is 11.6 Å². The molecule has 0 aliphatic carbocycles. The van der Waals surface area contributed by atoms with E-state index in [1.807, 2.05) is 11.6 Å². The summed E-state index contributed by atoms with van der Waals surface area (Å²) in [6.07, 6.45) is 0.971. The summed E-state index contributed by atoms with van der Waals surface area (Å²) in [4.78, 5) is 0. The molecule has 0 unspecified atom stereocenters. The van der Waals surface area contributed by atoms with Crippen molar-refractivity contribution in [2.24, 2.45) is 0 Å². The van der Waals surface area contributed by atoms with E-state index in [2.05, 4.69) is 17.3 Å². The van der Waals surface area contributed by atoms with Gasteiger partial charge in [-0.2, -0.15) is 5.10 Å². The SMILES string of the molecule is CCCn1nc(C)c(N)c1Nc1cc(Cl)ccc1Cl. The predicted octanol–water partition coefficient (Wildman–Crippen LogP) is 4.23. The van der Waals surface area contributed by atoms with Crippen LogP contribution in [-0.2, 0) is 6.54 Å². The number of halogens is 2. The van der Waals surface area contributed by atoms with Gasteiger partial charge in [-0.1, -0.05) is 30.1 Å². The van der Waals surface area contributed by atoms with Crippen LogP contribution < -0.4 is 11.1 Å². The molecule has 0 saturated heterocycles. The van der Waals surface area contributed by atoms with Crippen LogP contribution in [0, 0.1) is 6.92 Å². The summed E-state index contributed by atoms with van der Waals surface area (Å²) in [5, 5.41) is 8.82. The van der Waals surface area contributed by atoms with E-state index in [4.69, 9.17) is 28.9 Å². The Morgan fingerprint density at radius 2 is 2.11 bits per heavy atom. The number of hydrogen-bond acceptors (Lipinski definition) is 3. The number of benzene rings is 1. The largest absolute Gasteiger partial charge is 0.394 e. The van der Waals surface area contributed by atoms with Crippen molar-refractivity contribution < 1.29 is 0 Å². The molecule has 0 amide bonds. The molecule has 19 heavy (non-hydrogen) atoms. The topological polar surface area (TPSA) is 55.9 Å². The lowest BCUT2D eigenvalue weighted by molar-refractivity contribution is 0.605. The quantitative estimate of drug-likeness (QED) is 0.888.